The van der Waals surface area contributed by atoms with Gasteiger partial charge >= 0.3 is 0 Å². The summed E-state index contributed by atoms with van der Waals surface area (Å²) in [6, 6.07) is 7.84. The minimum atomic E-state index is 0.266. The molecule has 0 unspecified atom stereocenters. The van der Waals surface area contributed by atoms with Crippen molar-refractivity contribution in [3.8, 4) is 11.6 Å². The van der Waals surface area contributed by atoms with E-state index in [0.717, 1.165) is 17.7 Å². The molecule has 4 nitrogen and oxygen atoms in total. The van der Waals surface area contributed by atoms with E-state index in [-0.39, 0.29) is 4.99 Å². The van der Waals surface area contributed by atoms with Gasteiger partial charge in [0.25, 0.3) is 0 Å². The number of rotatable bonds is 4. The third-order valence-electron chi connectivity index (χ3n) is 3.19. The Labute approximate surface area is 124 Å². The van der Waals surface area contributed by atoms with E-state index in [4.69, 9.17) is 22.7 Å². The van der Waals surface area contributed by atoms with E-state index in [0.29, 0.717) is 17.2 Å². The highest BCUT2D eigenvalue weighted by Gasteiger charge is 2.15. The molecule has 1 aromatic carbocycles. The molecule has 0 aliphatic carbocycles. The lowest BCUT2D eigenvalue weighted by Gasteiger charge is -2.12. The molecule has 0 amide bonds. The monoisotopic (exact) mass is 287 g/mol. The van der Waals surface area contributed by atoms with Crippen molar-refractivity contribution in [1.82, 2.24) is 10.2 Å². The number of hydrogen-bond acceptors (Lipinski definition) is 4. The fourth-order valence-electron chi connectivity index (χ4n) is 1.89. The summed E-state index contributed by atoms with van der Waals surface area (Å²) in [6.07, 6.45) is 0.942. The molecule has 0 aliphatic heterocycles. The van der Waals surface area contributed by atoms with Gasteiger partial charge in [-0.15, -0.1) is 5.10 Å². The summed E-state index contributed by atoms with van der Waals surface area (Å²) in [5.74, 6) is 1.06. The molecule has 104 valence electrons. The molecule has 2 N–H and O–H groups in total. The third kappa shape index (κ3) is 2.93. The third-order valence-corrected chi connectivity index (χ3v) is 3.39. The van der Waals surface area contributed by atoms with Gasteiger partial charge in [0.15, 0.2) is 0 Å². The van der Waals surface area contributed by atoms with Crippen molar-refractivity contribution in [2.75, 3.05) is 0 Å². The number of hydrogen-bond donors (Lipinski definition) is 1. The predicted octanol–water partition coefficient (Wildman–Crippen LogP) is 3.08. The molecule has 1 heterocycles. The highest BCUT2D eigenvalue weighted by Crippen LogP contribution is 2.26. The number of thiocarbonyl (C=S) groups is 1. The molecule has 0 radical (unpaired) electrons. The van der Waals surface area contributed by atoms with Gasteiger partial charge in [0.05, 0.1) is 11.3 Å². The number of benzene rings is 1. The standard InChI is InChI=1S/C15H17N3OS/c1-4-11-6-5-7-12(8-11)19-15-13(14(16)20)9(2)10(3)17-18-15/h5-8H,4H2,1-3H3,(H2,16,20). The Bertz CT molecular complexity index is 656. The largest absolute Gasteiger partial charge is 0.437 e. The summed E-state index contributed by atoms with van der Waals surface area (Å²) in [5, 5.41) is 8.14. The van der Waals surface area contributed by atoms with E-state index in [9.17, 15) is 0 Å². The van der Waals surface area contributed by atoms with Crippen molar-refractivity contribution < 1.29 is 4.74 Å². The molecule has 5 heteroatoms. The van der Waals surface area contributed by atoms with Crippen LogP contribution in [0.3, 0.4) is 0 Å². The molecular weight excluding hydrogens is 270 g/mol. The van der Waals surface area contributed by atoms with Gasteiger partial charge in [-0.2, -0.15) is 5.10 Å². The Balaban J connectivity index is 2.43. The molecule has 0 saturated heterocycles. The SMILES string of the molecule is CCc1cccc(Oc2nnc(C)c(C)c2C(N)=S)c1. The first-order valence-electron chi connectivity index (χ1n) is 6.43. The van der Waals surface area contributed by atoms with Gasteiger partial charge in [0.2, 0.25) is 5.88 Å². The van der Waals surface area contributed by atoms with Gasteiger partial charge < -0.3 is 10.5 Å². The second-order valence-electron chi connectivity index (χ2n) is 4.56. The molecule has 0 bridgehead atoms. The Morgan fingerprint density at radius 1 is 1.30 bits per heavy atom. The fourth-order valence-corrected chi connectivity index (χ4v) is 2.13. The quantitative estimate of drug-likeness (QED) is 0.876. The second kappa shape index (κ2) is 5.96. The average molecular weight is 287 g/mol. The summed E-state index contributed by atoms with van der Waals surface area (Å²) in [6.45, 7) is 5.87. The number of ether oxygens (including phenoxy) is 1. The van der Waals surface area contributed by atoms with Crippen LogP contribution in [0.4, 0.5) is 0 Å². The van der Waals surface area contributed by atoms with Crippen LogP contribution < -0.4 is 10.5 Å². The van der Waals surface area contributed by atoms with Gasteiger partial charge in [0.1, 0.15) is 10.7 Å². The highest BCUT2D eigenvalue weighted by molar-refractivity contribution is 7.80. The Morgan fingerprint density at radius 2 is 2.05 bits per heavy atom. The van der Waals surface area contributed by atoms with Gasteiger partial charge in [0, 0.05) is 0 Å². The van der Waals surface area contributed by atoms with Crippen LogP contribution in [0.2, 0.25) is 0 Å². The Kier molecular flexibility index (Phi) is 4.29. The molecular formula is C15H17N3OS. The number of nitrogens with two attached hydrogens (primary N) is 1. The van der Waals surface area contributed by atoms with Crippen LogP contribution >= 0.6 is 12.2 Å². The Hall–Kier alpha value is -2.01. The van der Waals surface area contributed by atoms with Gasteiger partial charge in [-0.3, -0.25) is 0 Å². The predicted molar refractivity (Wildman–Crippen MR) is 83.3 cm³/mol. The number of aromatic nitrogens is 2. The van der Waals surface area contributed by atoms with Crippen LogP contribution in [0, 0.1) is 13.8 Å². The van der Waals surface area contributed by atoms with E-state index in [1.54, 1.807) is 0 Å². The summed E-state index contributed by atoms with van der Waals surface area (Å²) in [5.41, 5.74) is 9.31. The maximum absolute atomic E-state index is 5.81. The first-order chi connectivity index (χ1) is 9.52. The van der Waals surface area contributed by atoms with Crippen LogP contribution in [0.15, 0.2) is 24.3 Å². The maximum Gasteiger partial charge on any atom is 0.249 e. The average Bonchev–Trinajstić information content (AvgIpc) is 2.43. The zero-order valence-corrected chi connectivity index (χ0v) is 12.6. The van der Waals surface area contributed by atoms with Gasteiger partial charge in [-0.25, -0.2) is 0 Å². The summed E-state index contributed by atoms with van der Waals surface area (Å²) in [7, 11) is 0. The zero-order chi connectivity index (χ0) is 14.7. The van der Waals surface area contributed by atoms with Crippen LogP contribution in [-0.2, 0) is 6.42 Å². The van der Waals surface area contributed by atoms with Crippen molar-refractivity contribution in [3.63, 3.8) is 0 Å². The lowest BCUT2D eigenvalue weighted by molar-refractivity contribution is 0.452. The summed E-state index contributed by atoms with van der Waals surface area (Å²) >= 11 is 5.09. The van der Waals surface area contributed by atoms with Crippen molar-refractivity contribution in [3.05, 3.63) is 46.6 Å². The maximum atomic E-state index is 5.81. The molecule has 2 rings (SSSR count). The zero-order valence-electron chi connectivity index (χ0n) is 11.8. The molecule has 0 atom stereocenters. The topological polar surface area (TPSA) is 61.0 Å². The van der Waals surface area contributed by atoms with Crippen molar-refractivity contribution in [2.45, 2.75) is 27.2 Å². The molecule has 0 aliphatic rings. The molecule has 0 fully saturated rings. The number of nitrogens with zero attached hydrogens (tertiary/aromatic N) is 2. The minimum Gasteiger partial charge on any atom is -0.437 e. The molecule has 2 aromatic rings. The van der Waals surface area contributed by atoms with Gasteiger partial charge in [-0.1, -0.05) is 31.3 Å². The Morgan fingerprint density at radius 3 is 2.70 bits per heavy atom. The molecule has 20 heavy (non-hydrogen) atoms. The summed E-state index contributed by atoms with van der Waals surface area (Å²) in [4.78, 5) is 0.266. The van der Waals surface area contributed by atoms with E-state index >= 15 is 0 Å². The van der Waals surface area contributed by atoms with E-state index in [1.807, 2.05) is 38.1 Å². The minimum absolute atomic E-state index is 0.266. The smallest absolute Gasteiger partial charge is 0.249 e. The van der Waals surface area contributed by atoms with Crippen LogP contribution in [0.25, 0.3) is 0 Å². The van der Waals surface area contributed by atoms with Crippen molar-refractivity contribution in [2.24, 2.45) is 5.73 Å². The molecule has 0 saturated carbocycles. The van der Waals surface area contributed by atoms with E-state index in [1.165, 1.54) is 5.56 Å². The van der Waals surface area contributed by atoms with E-state index in [2.05, 4.69) is 17.1 Å². The first kappa shape index (κ1) is 14.4. The fraction of sp³-hybridized carbons (Fsp3) is 0.267. The van der Waals surface area contributed by atoms with E-state index < -0.39 is 0 Å². The lowest BCUT2D eigenvalue weighted by Crippen LogP contribution is -2.15. The normalized spacial score (nSPS) is 10.3. The summed E-state index contributed by atoms with van der Waals surface area (Å²) < 4.78 is 5.81. The van der Waals surface area contributed by atoms with Crippen LogP contribution in [0.5, 0.6) is 11.6 Å². The number of aryl methyl sites for hydroxylation is 2. The second-order valence-corrected chi connectivity index (χ2v) is 5.00. The highest BCUT2D eigenvalue weighted by atomic mass is 32.1. The van der Waals surface area contributed by atoms with Crippen molar-refractivity contribution in [1.29, 1.82) is 0 Å². The van der Waals surface area contributed by atoms with Crippen LogP contribution in [0.1, 0.15) is 29.3 Å². The van der Waals surface area contributed by atoms with Crippen molar-refractivity contribution >= 4 is 17.2 Å². The molecule has 1 aromatic heterocycles. The van der Waals surface area contributed by atoms with Gasteiger partial charge in [-0.05, 0) is 43.5 Å². The van der Waals surface area contributed by atoms with Crippen LogP contribution in [-0.4, -0.2) is 15.2 Å². The molecule has 0 spiro atoms. The first-order valence-corrected chi connectivity index (χ1v) is 6.84. The lowest BCUT2D eigenvalue weighted by atomic mass is 10.1.